The van der Waals surface area contributed by atoms with Gasteiger partial charge >= 0.3 is 0 Å². The van der Waals surface area contributed by atoms with Crippen molar-refractivity contribution in [2.75, 3.05) is 18.0 Å². The molecule has 0 fully saturated rings. The van der Waals surface area contributed by atoms with E-state index in [4.69, 9.17) is 0 Å². The van der Waals surface area contributed by atoms with Gasteiger partial charge in [-0.3, -0.25) is 0 Å². The van der Waals surface area contributed by atoms with Crippen LogP contribution in [0.5, 0.6) is 0 Å². The van der Waals surface area contributed by atoms with Crippen LogP contribution in [-0.2, 0) is 6.54 Å². The van der Waals surface area contributed by atoms with Crippen LogP contribution in [0.3, 0.4) is 0 Å². The van der Waals surface area contributed by atoms with Crippen molar-refractivity contribution in [3.8, 4) is 0 Å². The quantitative estimate of drug-likeness (QED) is 0.458. The van der Waals surface area contributed by atoms with Gasteiger partial charge in [-0.1, -0.05) is 17.4 Å². The maximum atomic E-state index is 4.26. The lowest BCUT2D eigenvalue weighted by molar-refractivity contribution is -0.694. The standard InChI is InChI=1S/C19H22N5S/c1-3-24(14-13-23-11-5-4-6-12-23)18-9-7-17(8-10-18)21-22-19-20-15-16(2)25-19/h4-12,15H,3,13-14H2,1-2H3/q+1. The van der Waals surface area contributed by atoms with Crippen LogP contribution in [-0.4, -0.2) is 18.1 Å². The van der Waals surface area contributed by atoms with Gasteiger partial charge in [0.1, 0.15) is 0 Å². The molecule has 0 atom stereocenters. The predicted molar refractivity (Wildman–Crippen MR) is 102 cm³/mol. The molecule has 0 N–H and O–H groups in total. The summed E-state index contributed by atoms with van der Waals surface area (Å²) in [6.07, 6.45) is 6.00. The molecule has 5 nitrogen and oxygen atoms in total. The molecule has 2 heterocycles. The zero-order valence-corrected chi connectivity index (χ0v) is 15.4. The van der Waals surface area contributed by atoms with Crippen LogP contribution in [0.2, 0.25) is 0 Å². The highest BCUT2D eigenvalue weighted by Gasteiger charge is 2.07. The molecular formula is C19H22N5S+. The Bertz CT molecular complexity index is 811. The number of hydrogen-bond donors (Lipinski definition) is 0. The Hall–Kier alpha value is -2.60. The molecule has 1 aromatic carbocycles. The van der Waals surface area contributed by atoms with Gasteiger partial charge in [-0.25, -0.2) is 9.55 Å². The fourth-order valence-electron chi connectivity index (χ4n) is 2.51. The highest BCUT2D eigenvalue weighted by molar-refractivity contribution is 7.15. The van der Waals surface area contributed by atoms with E-state index in [9.17, 15) is 0 Å². The van der Waals surface area contributed by atoms with Crippen LogP contribution >= 0.6 is 11.3 Å². The molecule has 0 aliphatic heterocycles. The maximum Gasteiger partial charge on any atom is 0.230 e. The molecule has 0 amide bonds. The third kappa shape index (κ3) is 4.93. The van der Waals surface area contributed by atoms with Gasteiger partial charge < -0.3 is 4.90 Å². The van der Waals surface area contributed by atoms with E-state index < -0.39 is 0 Å². The summed E-state index contributed by atoms with van der Waals surface area (Å²) in [5.74, 6) is 0. The zero-order valence-electron chi connectivity index (χ0n) is 14.5. The summed E-state index contributed by atoms with van der Waals surface area (Å²) in [4.78, 5) is 7.68. The van der Waals surface area contributed by atoms with E-state index in [1.807, 2.05) is 31.3 Å². The summed E-state index contributed by atoms with van der Waals surface area (Å²) >= 11 is 1.54. The molecule has 0 aliphatic carbocycles. The first kappa shape index (κ1) is 17.2. The molecule has 25 heavy (non-hydrogen) atoms. The van der Waals surface area contributed by atoms with Gasteiger partial charge in [0.15, 0.2) is 18.9 Å². The number of anilines is 1. The minimum absolute atomic E-state index is 0.691. The van der Waals surface area contributed by atoms with E-state index >= 15 is 0 Å². The van der Waals surface area contributed by atoms with Gasteiger partial charge in [0, 0.05) is 35.4 Å². The number of likely N-dealkylation sites (N-methyl/N-ethyl adjacent to an activating group) is 1. The average molecular weight is 352 g/mol. The van der Waals surface area contributed by atoms with Crippen molar-refractivity contribution in [1.29, 1.82) is 0 Å². The highest BCUT2D eigenvalue weighted by Crippen LogP contribution is 2.24. The normalized spacial score (nSPS) is 11.1. The third-order valence-corrected chi connectivity index (χ3v) is 4.66. The second kappa shape index (κ2) is 8.48. The number of benzene rings is 1. The minimum Gasteiger partial charge on any atom is -0.365 e. The van der Waals surface area contributed by atoms with Crippen molar-refractivity contribution in [2.24, 2.45) is 10.2 Å². The van der Waals surface area contributed by atoms with Gasteiger partial charge in [-0.05, 0) is 38.1 Å². The third-order valence-electron chi connectivity index (χ3n) is 3.86. The van der Waals surface area contributed by atoms with E-state index in [0.29, 0.717) is 5.13 Å². The fourth-order valence-corrected chi connectivity index (χ4v) is 3.09. The van der Waals surface area contributed by atoms with Crippen molar-refractivity contribution in [3.05, 3.63) is 65.9 Å². The van der Waals surface area contributed by atoms with E-state index in [1.54, 1.807) is 11.3 Å². The van der Waals surface area contributed by atoms with Crippen molar-refractivity contribution in [3.63, 3.8) is 0 Å². The largest absolute Gasteiger partial charge is 0.365 e. The molecular weight excluding hydrogens is 330 g/mol. The van der Waals surface area contributed by atoms with Crippen LogP contribution in [0, 0.1) is 6.92 Å². The molecule has 0 saturated carbocycles. The first-order valence-electron chi connectivity index (χ1n) is 8.38. The van der Waals surface area contributed by atoms with Crippen LogP contribution in [0.1, 0.15) is 11.8 Å². The number of thiazole rings is 1. The molecule has 0 bridgehead atoms. The number of hydrogen-bond acceptors (Lipinski definition) is 5. The zero-order chi connectivity index (χ0) is 17.5. The molecule has 0 aliphatic rings. The average Bonchev–Trinajstić information content (AvgIpc) is 3.08. The topological polar surface area (TPSA) is 44.7 Å². The predicted octanol–water partition coefficient (Wildman–Crippen LogP) is 4.68. The monoisotopic (exact) mass is 352 g/mol. The second-order valence-corrected chi connectivity index (χ2v) is 6.88. The minimum atomic E-state index is 0.691. The molecule has 3 aromatic rings. The molecule has 0 unspecified atom stereocenters. The molecule has 2 aromatic heterocycles. The Morgan fingerprint density at radius 2 is 1.84 bits per heavy atom. The summed E-state index contributed by atoms with van der Waals surface area (Å²) in [6, 6.07) is 14.3. The summed E-state index contributed by atoms with van der Waals surface area (Å²) < 4.78 is 2.20. The van der Waals surface area contributed by atoms with Gasteiger partial charge in [0.05, 0.1) is 12.2 Å². The molecule has 6 heteroatoms. The lowest BCUT2D eigenvalue weighted by Crippen LogP contribution is -2.40. The summed E-state index contributed by atoms with van der Waals surface area (Å²) in [5.41, 5.74) is 2.04. The molecule has 3 rings (SSSR count). The number of nitrogens with zero attached hydrogens (tertiary/aromatic N) is 5. The van der Waals surface area contributed by atoms with E-state index in [1.165, 1.54) is 5.69 Å². The Balaban J connectivity index is 1.62. The highest BCUT2D eigenvalue weighted by atomic mass is 32.1. The van der Waals surface area contributed by atoms with Crippen LogP contribution < -0.4 is 9.47 Å². The lowest BCUT2D eigenvalue weighted by atomic mass is 10.2. The van der Waals surface area contributed by atoms with Crippen molar-refractivity contribution in [1.82, 2.24) is 4.98 Å². The van der Waals surface area contributed by atoms with Gasteiger partial charge in [0.25, 0.3) is 0 Å². The second-order valence-electron chi connectivity index (χ2n) is 5.66. The van der Waals surface area contributed by atoms with Gasteiger partial charge in [0.2, 0.25) is 5.13 Å². The Labute approximate surface area is 152 Å². The van der Waals surface area contributed by atoms with Crippen molar-refractivity contribution in [2.45, 2.75) is 20.4 Å². The van der Waals surface area contributed by atoms with Crippen LogP contribution in [0.4, 0.5) is 16.5 Å². The number of rotatable bonds is 7. The summed E-state index contributed by atoms with van der Waals surface area (Å²) in [7, 11) is 0. The van der Waals surface area contributed by atoms with E-state index in [-0.39, 0.29) is 0 Å². The Morgan fingerprint density at radius 1 is 1.08 bits per heavy atom. The first-order chi connectivity index (χ1) is 12.2. The molecule has 128 valence electrons. The van der Waals surface area contributed by atoms with E-state index in [2.05, 4.69) is 68.3 Å². The number of aryl methyl sites for hydroxylation is 1. The van der Waals surface area contributed by atoms with Crippen molar-refractivity contribution < 1.29 is 4.57 Å². The van der Waals surface area contributed by atoms with E-state index in [0.717, 1.165) is 30.2 Å². The number of aromatic nitrogens is 2. The fraction of sp³-hybridized carbons (Fsp3) is 0.263. The van der Waals surface area contributed by atoms with Crippen LogP contribution in [0.15, 0.2) is 71.3 Å². The maximum absolute atomic E-state index is 4.26. The molecule has 0 radical (unpaired) electrons. The summed E-state index contributed by atoms with van der Waals surface area (Å²) in [6.45, 7) is 7.07. The number of pyridine rings is 1. The smallest absolute Gasteiger partial charge is 0.230 e. The van der Waals surface area contributed by atoms with Crippen LogP contribution in [0.25, 0.3) is 0 Å². The van der Waals surface area contributed by atoms with Gasteiger partial charge in [-0.15, -0.1) is 10.2 Å². The molecule has 0 spiro atoms. The summed E-state index contributed by atoms with van der Waals surface area (Å²) in [5, 5.41) is 9.13. The Kier molecular flexibility index (Phi) is 5.85. The van der Waals surface area contributed by atoms with Gasteiger partial charge in [-0.2, -0.15) is 0 Å². The SMILES string of the molecule is CCN(CC[n+]1ccccc1)c1ccc(N=Nc2ncc(C)s2)cc1. The molecule has 0 saturated heterocycles. The Morgan fingerprint density at radius 3 is 2.48 bits per heavy atom. The first-order valence-corrected chi connectivity index (χ1v) is 9.19. The van der Waals surface area contributed by atoms with Crippen molar-refractivity contribution >= 4 is 27.8 Å². The number of azo groups is 1. The lowest BCUT2D eigenvalue weighted by Gasteiger charge is -2.21.